The number of nitrogens with one attached hydrogen (secondary N) is 1. The van der Waals surface area contributed by atoms with E-state index in [-0.39, 0.29) is 5.56 Å². The average molecular weight is 211 g/mol. The molecule has 0 spiro atoms. The molecule has 1 N–H and O–H groups in total. The molecule has 0 aliphatic heterocycles. The fourth-order valence-electron chi connectivity index (χ4n) is 1.71. The van der Waals surface area contributed by atoms with Gasteiger partial charge in [-0.05, 0) is 12.8 Å². The van der Waals surface area contributed by atoms with Gasteiger partial charge in [0.1, 0.15) is 5.75 Å². The summed E-state index contributed by atoms with van der Waals surface area (Å²) in [5, 5.41) is 0. The highest BCUT2D eigenvalue weighted by Gasteiger charge is 2.16. The number of ether oxygens (including phenoxy) is 2. The first-order valence-electron chi connectivity index (χ1n) is 5.05. The van der Waals surface area contributed by atoms with Crippen LogP contribution < -0.4 is 15.0 Å². The smallest absolute Gasteiger partial charge is 0.291 e. The van der Waals surface area contributed by atoms with Crippen molar-refractivity contribution in [2.75, 3.05) is 14.2 Å². The summed E-state index contributed by atoms with van der Waals surface area (Å²) < 4.78 is 10.4. The lowest BCUT2D eigenvalue weighted by molar-refractivity contribution is 0.375. The lowest BCUT2D eigenvalue weighted by Gasteiger charge is -2.14. The summed E-state index contributed by atoms with van der Waals surface area (Å²) in [6, 6.07) is 0. The summed E-state index contributed by atoms with van der Waals surface area (Å²) in [4.78, 5) is 14.4. The van der Waals surface area contributed by atoms with Crippen molar-refractivity contribution in [1.29, 1.82) is 0 Å². The number of pyridine rings is 1. The van der Waals surface area contributed by atoms with E-state index in [9.17, 15) is 4.79 Å². The van der Waals surface area contributed by atoms with E-state index in [4.69, 9.17) is 9.47 Å². The van der Waals surface area contributed by atoms with E-state index in [1.54, 1.807) is 7.11 Å². The minimum Gasteiger partial charge on any atom is -0.494 e. The summed E-state index contributed by atoms with van der Waals surface area (Å²) in [7, 11) is 3.10. The Morgan fingerprint density at radius 3 is 2.07 bits per heavy atom. The van der Waals surface area contributed by atoms with Crippen LogP contribution >= 0.6 is 0 Å². The molecule has 0 saturated heterocycles. The molecular formula is C11H17NO3. The predicted molar refractivity (Wildman–Crippen MR) is 58.9 cm³/mol. The van der Waals surface area contributed by atoms with Gasteiger partial charge in [-0.3, -0.25) is 4.79 Å². The second-order valence-electron chi connectivity index (χ2n) is 3.18. The molecule has 4 nitrogen and oxygen atoms in total. The number of hydrogen-bond donors (Lipinski definition) is 1. The third-order valence-corrected chi connectivity index (χ3v) is 2.41. The molecule has 0 aromatic carbocycles. The third kappa shape index (κ3) is 1.98. The Morgan fingerprint density at radius 2 is 1.67 bits per heavy atom. The lowest BCUT2D eigenvalue weighted by atomic mass is 10.1. The fourth-order valence-corrected chi connectivity index (χ4v) is 1.71. The van der Waals surface area contributed by atoms with Crippen LogP contribution in [0.25, 0.3) is 0 Å². The van der Waals surface area contributed by atoms with Crippen LogP contribution in [0.1, 0.15) is 25.1 Å². The van der Waals surface area contributed by atoms with Gasteiger partial charge in [0, 0.05) is 5.56 Å². The van der Waals surface area contributed by atoms with Crippen molar-refractivity contribution in [2.24, 2.45) is 0 Å². The number of methoxy groups -OCH3 is 2. The van der Waals surface area contributed by atoms with E-state index in [0.717, 1.165) is 23.4 Å². The van der Waals surface area contributed by atoms with Crippen LogP contribution in [0.2, 0.25) is 0 Å². The molecule has 0 unspecified atom stereocenters. The molecule has 0 fully saturated rings. The number of rotatable bonds is 4. The molecule has 0 atom stereocenters. The van der Waals surface area contributed by atoms with Gasteiger partial charge in [0.2, 0.25) is 0 Å². The highest BCUT2D eigenvalue weighted by Crippen LogP contribution is 2.28. The van der Waals surface area contributed by atoms with E-state index < -0.39 is 0 Å². The van der Waals surface area contributed by atoms with E-state index in [1.165, 1.54) is 7.11 Å². The summed E-state index contributed by atoms with van der Waals surface area (Å²) >= 11 is 0. The molecule has 0 bridgehead atoms. The molecule has 0 amide bonds. The van der Waals surface area contributed by atoms with Gasteiger partial charge in [0.15, 0.2) is 5.75 Å². The summed E-state index contributed by atoms with van der Waals surface area (Å²) in [5.41, 5.74) is 1.47. The Morgan fingerprint density at radius 1 is 1.07 bits per heavy atom. The van der Waals surface area contributed by atoms with Crippen molar-refractivity contribution < 1.29 is 9.47 Å². The quantitative estimate of drug-likeness (QED) is 0.821. The third-order valence-electron chi connectivity index (χ3n) is 2.41. The minimum absolute atomic E-state index is 0.188. The second kappa shape index (κ2) is 4.87. The van der Waals surface area contributed by atoms with E-state index in [2.05, 4.69) is 4.98 Å². The van der Waals surface area contributed by atoms with Gasteiger partial charge in [-0.1, -0.05) is 13.8 Å². The zero-order valence-electron chi connectivity index (χ0n) is 9.64. The van der Waals surface area contributed by atoms with Crippen molar-refractivity contribution in [3.8, 4) is 11.5 Å². The lowest BCUT2D eigenvalue weighted by Crippen LogP contribution is -2.16. The molecule has 0 aliphatic rings. The van der Waals surface area contributed by atoms with Gasteiger partial charge in [0.25, 0.3) is 5.56 Å². The number of aromatic amines is 1. The number of aromatic nitrogens is 1. The van der Waals surface area contributed by atoms with Gasteiger partial charge >= 0.3 is 0 Å². The molecule has 1 heterocycles. The summed E-state index contributed by atoms with van der Waals surface area (Å²) in [5.74, 6) is 1.09. The van der Waals surface area contributed by atoms with Gasteiger partial charge < -0.3 is 14.5 Å². The van der Waals surface area contributed by atoms with Gasteiger partial charge in [-0.15, -0.1) is 0 Å². The Hall–Kier alpha value is -1.45. The fraction of sp³-hybridized carbons (Fsp3) is 0.545. The molecule has 1 rings (SSSR count). The first kappa shape index (κ1) is 11.6. The van der Waals surface area contributed by atoms with Crippen LogP contribution in [0.4, 0.5) is 0 Å². The van der Waals surface area contributed by atoms with Crippen LogP contribution in [0.3, 0.4) is 0 Å². The zero-order valence-corrected chi connectivity index (χ0v) is 9.64. The molecule has 0 aliphatic carbocycles. The Labute approximate surface area is 89.2 Å². The zero-order chi connectivity index (χ0) is 11.4. The Bertz CT molecular complexity index is 396. The maximum atomic E-state index is 11.6. The normalized spacial score (nSPS) is 10.1. The average Bonchev–Trinajstić information content (AvgIpc) is 2.27. The van der Waals surface area contributed by atoms with Gasteiger partial charge in [-0.25, -0.2) is 0 Å². The number of aryl methyl sites for hydroxylation is 1. The molecular weight excluding hydrogens is 194 g/mol. The summed E-state index contributed by atoms with van der Waals surface area (Å²) in [6.07, 6.45) is 1.44. The minimum atomic E-state index is -0.188. The summed E-state index contributed by atoms with van der Waals surface area (Å²) in [6.45, 7) is 3.94. The molecule has 84 valence electrons. The molecule has 0 saturated carbocycles. The van der Waals surface area contributed by atoms with Crippen LogP contribution in [0, 0.1) is 0 Å². The Balaban J connectivity index is 3.52. The first-order chi connectivity index (χ1) is 7.19. The van der Waals surface area contributed by atoms with Crippen LogP contribution in [0.5, 0.6) is 11.5 Å². The standard InChI is InChI=1S/C11H17NO3/c1-5-7-9(14-3)8(6-2)12-11(13)10(7)15-4/h5-6H2,1-4H3,(H,12,13). The topological polar surface area (TPSA) is 51.3 Å². The predicted octanol–water partition coefficient (Wildman–Crippen LogP) is 1.52. The van der Waals surface area contributed by atoms with Crippen molar-refractivity contribution in [2.45, 2.75) is 26.7 Å². The van der Waals surface area contributed by atoms with E-state index >= 15 is 0 Å². The molecule has 4 heteroatoms. The maximum Gasteiger partial charge on any atom is 0.291 e. The SMILES string of the molecule is CCc1[nH]c(=O)c(OC)c(CC)c1OC. The molecule has 15 heavy (non-hydrogen) atoms. The second-order valence-corrected chi connectivity index (χ2v) is 3.18. The monoisotopic (exact) mass is 211 g/mol. The van der Waals surface area contributed by atoms with Gasteiger partial charge in [0.05, 0.1) is 19.9 Å². The van der Waals surface area contributed by atoms with E-state index in [1.807, 2.05) is 13.8 Å². The Kier molecular flexibility index (Phi) is 3.77. The van der Waals surface area contributed by atoms with E-state index in [0.29, 0.717) is 12.2 Å². The van der Waals surface area contributed by atoms with Crippen molar-refractivity contribution in [3.05, 3.63) is 21.6 Å². The highest BCUT2D eigenvalue weighted by molar-refractivity contribution is 5.46. The van der Waals surface area contributed by atoms with Crippen molar-refractivity contribution in [3.63, 3.8) is 0 Å². The number of hydrogen-bond acceptors (Lipinski definition) is 3. The molecule has 1 aromatic rings. The van der Waals surface area contributed by atoms with Gasteiger partial charge in [-0.2, -0.15) is 0 Å². The van der Waals surface area contributed by atoms with Crippen molar-refractivity contribution in [1.82, 2.24) is 4.98 Å². The van der Waals surface area contributed by atoms with Crippen LogP contribution in [-0.2, 0) is 12.8 Å². The number of H-pyrrole nitrogens is 1. The largest absolute Gasteiger partial charge is 0.494 e. The molecule has 1 aromatic heterocycles. The highest BCUT2D eigenvalue weighted by atomic mass is 16.5. The van der Waals surface area contributed by atoms with Crippen molar-refractivity contribution >= 4 is 0 Å². The first-order valence-corrected chi connectivity index (χ1v) is 5.05. The van der Waals surface area contributed by atoms with Crippen LogP contribution in [-0.4, -0.2) is 19.2 Å². The molecule has 0 radical (unpaired) electrons. The maximum absolute atomic E-state index is 11.6. The van der Waals surface area contributed by atoms with Crippen LogP contribution in [0.15, 0.2) is 4.79 Å².